The number of carbonyl (C=O) groups excluding carboxylic acids is 1. The molecule has 49 heavy (non-hydrogen) atoms. The van der Waals surface area contributed by atoms with Crippen molar-refractivity contribution in [3.05, 3.63) is 130 Å². The molecule has 2 N–H and O–H groups in total. The third-order valence-electron chi connectivity index (χ3n) is 11.0. The number of hydrogen-bond acceptors (Lipinski definition) is 6. The molecular weight excluding hydrogens is 625 g/mol. The second kappa shape index (κ2) is 14.5. The van der Waals surface area contributed by atoms with E-state index in [1.165, 1.54) is 17.3 Å². The Morgan fingerprint density at radius 1 is 0.980 bits per heavy atom. The molecule has 0 saturated heterocycles. The summed E-state index contributed by atoms with van der Waals surface area (Å²) in [7, 11) is 0. The fourth-order valence-corrected chi connectivity index (χ4v) is 9.51. The van der Waals surface area contributed by atoms with E-state index >= 15 is 0 Å². The molecule has 5 nitrogen and oxygen atoms in total. The van der Waals surface area contributed by atoms with Crippen LogP contribution >= 0.6 is 11.8 Å². The van der Waals surface area contributed by atoms with Gasteiger partial charge >= 0.3 is 0 Å². The van der Waals surface area contributed by atoms with Gasteiger partial charge in [0.2, 0.25) is 0 Å². The minimum atomic E-state index is -1.07. The van der Waals surface area contributed by atoms with Gasteiger partial charge in [-0.2, -0.15) is 5.26 Å². The predicted molar refractivity (Wildman–Crippen MR) is 198 cm³/mol. The van der Waals surface area contributed by atoms with E-state index in [-0.39, 0.29) is 11.7 Å². The van der Waals surface area contributed by atoms with Crippen molar-refractivity contribution in [3.8, 4) is 17.2 Å². The van der Waals surface area contributed by atoms with E-state index in [4.69, 9.17) is 4.98 Å². The molecule has 1 aromatic heterocycles. The fourth-order valence-electron chi connectivity index (χ4n) is 8.10. The van der Waals surface area contributed by atoms with Gasteiger partial charge in [0.15, 0.2) is 5.78 Å². The SMILES string of the molecule is CC1=CCC[C@@]2(C)[C@@H](CC[C@@]2(O)CSc2nc(C)cc(C)c2C#N)c2ccc(cc2C(=O)c2ccccc2-c2ccccc2)C[C@@H](O)CC1. The highest BCUT2D eigenvalue weighted by atomic mass is 32.2. The largest absolute Gasteiger partial charge is 0.393 e. The lowest BCUT2D eigenvalue weighted by Gasteiger charge is -2.44. The number of aliphatic hydroxyl groups is 2. The van der Waals surface area contributed by atoms with Crippen LogP contribution in [-0.4, -0.2) is 38.4 Å². The molecule has 1 fully saturated rings. The molecule has 1 heterocycles. The summed E-state index contributed by atoms with van der Waals surface area (Å²) in [5, 5.41) is 34.4. The number of rotatable bonds is 6. The normalized spacial score (nSPS) is 24.1. The first kappa shape index (κ1) is 34.8. The molecule has 0 amide bonds. The number of hydrogen-bond donors (Lipinski definition) is 2. The summed E-state index contributed by atoms with van der Waals surface area (Å²) in [4.78, 5) is 19.5. The zero-order valence-corrected chi connectivity index (χ0v) is 29.8. The standard InChI is InChI=1S/C43H46N2O3S/c1-28-11-10-21-42(4)39(20-22-43(42,48)27-49-41-38(26-44)29(2)23-30(3)45-41)35-19-17-31(24-33(46)18-16-28)25-37(35)40(47)36-15-9-8-14-34(36)32-12-6-5-7-13-32/h5-9,11-15,17,19,23,25,33,39,46,48H,10,16,18,20-22,24,27H2,1-4H3/t33-,39-,42-,43+/m0/s1. The minimum absolute atomic E-state index is 0.0427. The molecule has 0 aliphatic heterocycles. The third-order valence-corrected chi connectivity index (χ3v) is 12.2. The Balaban J connectivity index is 1.46. The summed E-state index contributed by atoms with van der Waals surface area (Å²) in [6.45, 7) is 8.19. The molecule has 2 bridgehead atoms. The molecule has 3 aromatic carbocycles. The van der Waals surface area contributed by atoms with E-state index in [1.54, 1.807) is 0 Å². The molecule has 0 spiro atoms. The summed E-state index contributed by atoms with van der Waals surface area (Å²) in [6.07, 6.45) is 6.49. The van der Waals surface area contributed by atoms with E-state index in [0.717, 1.165) is 59.2 Å². The molecule has 3 aliphatic carbocycles. The fraction of sp³-hybridized carbons (Fsp3) is 0.372. The molecule has 4 atom stereocenters. The van der Waals surface area contributed by atoms with Crippen LogP contribution in [0.15, 0.2) is 95.5 Å². The van der Waals surface area contributed by atoms with Crippen LogP contribution < -0.4 is 0 Å². The molecule has 252 valence electrons. The average Bonchev–Trinajstić information content (AvgIpc) is 3.35. The number of nitrogens with zero attached hydrogens (tertiary/aromatic N) is 2. The molecule has 0 radical (unpaired) electrons. The highest BCUT2D eigenvalue weighted by Gasteiger charge is 2.56. The number of pyridine rings is 1. The Labute approximate surface area is 295 Å². The van der Waals surface area contributed by atoms with Crippen LogP contribution in [0.5, 0.6) is 0 Å². The summed E-state index contributed by atoms with van der Waals surface area (Å²) in [5.74, 6) is 0.274. The van der Waals surface area contributed by atoms with Gasteiger partial charge in [-0.05, 0) is 112 Å². The Morgan fingerprint density at radius 3 is 2.51 bits per heavy atom. The highest BCUT2D eigenvalue weighted by Crippen LogP contribution is 2.59. The van der Waals surface area contributed by atoms with Crippen molar-refractivity contribution in [2.45, 2.75) is 95.3 Å². The number of ketones is 1. The highest BCUT2D eigenvalue weighted by molar-refractivity contribution is 7.99. The molecule has 6 heteroatoms. The summed E-state index contributed by atoms with van der Waals surface area (Å²) >= 11 is 1.47. The number of benzene rings is 3. The smallest absolute Gasteiger partial charge is 0.193 e. The lowest BCUT2D eigenvalue weighted by Crippen LogP contribution is -2.46. The Kier molecular flexibility index (Phi) is 10.3. The Hall–Kier alpha value is -4.02. The maximum Gasteiger partial charge on any atom is 0.193 e. The van der Waals surface area contributed by atoms with Crippen molar-refractivity contribution in [3.63, 3.8) is 0 Å². The second-order valence-corrected chi connectivity index (χ2v) is 15.3. The Morgan fingerprint density at radius 2 is 1.73 bits per heavy atom. The first-order chi connectivity index (χ1) is 23.5. The molecular formula is C43H46N2O3S. The molecule has 7 rings (SSSR count). The van der Waals surface area contributed by atoms with Gasteiger partial charge in [-0.1, -0.05) is 85.3 Å². The number of fused-ring (bicyclic) bond motifs is 8. The zero-order chi connectivity index (χ0) is 34.8. The first-order valence-corrected chi connectivity index (χ1v) is 18.4. The van der Waals surface area contributed by atoms with Crippen LogP contribution in [0.25, 0.3) is 11.1 Å². The third kappa shape index (κ3) is 7.03. The predicted octanol–water partition coefficient (Wildman–Crippen LogP) is 9.30. The van der Waals surface area contributed by atoms with Crippen molar-refractivity contribution in [1.29, 1.82) is 5.26 Å². The van der Waals surface area contributed by atoms with Crippen molar-refractivity contribution in [2.75, 3.05) is 5.75 Å². The van der Waals surface area contributed by atoms with Crippen LogP contribution in [0.2, 0.25) is 0 Å². The van der Waals surface area contributed by atoms with Gasteiger partial charge in [-0.15, -0.1) is 11.8 Å². The van der Waals surface area contributed by atoms with E-state index in [1.807, 2.05) is 80.6 Å². The molecule has 1 saturated carbocycles. The number of allylic oxidation sites excluding steroid dienone is 2. The lowest BCUT2D eigenvalue weighted by atomic mass is 9.65. The minimum Gasteiger partial charge on any atom is -0.393 e. The number of carbonyl (C=O) groups is 1. The number of aromatic nitrogens is 1. The number of aryl methyl sites for hydroxylation is 2. The maximum absolute atomic E-state index is 14.8. The molecule has 4 aromatic rings. The van der Waals surface area contributed by atoms with E-state index in [2.05, 4.69) is 38.1 Å². The number of nitriles is 1. The van der Waals surface area contributed by atoms with Crippen molar-refractivity contribution in [2.24, 2.45) is 5.41 Å². The summed E-state index contributed by atoms with van der Waals surface area (Å²) in [5.41, 5.74) is 6.96. The van der Waals surface area contributed by atoms with Crippen molar-refractivity contribution < 1.29 is 15.0 Å². The van der Waals surface area contributed by atoms with Crippen LogP contribution in [-0.2, 0) is 6.42 Å². The molecule has 3 aliphatic rings. The average molecular weight is 671 g/mol. The maximum atomic E-state index is 14.8. The van der Waals surface area contributed by atoms with Gasteiger partial charge in [0, 0.05) is 28.0 Å². The van der Waals surface area contributed by atoms with Crippen molar-refractivity contribution >= 4 is 17.5 Å². The second-order valence-electron chi connectivity index (χ2n) is 14.3. The van der Waals surface area contributed by atoms with Gasteiger partial charge in [-0.25, -0.2) is 4.98 Å². The number of aliphatic hydroxyl groups excluding tert-OH is 1. The topological polar surface area (TPSA) is 94.2 Å². The van der Waals surface area contributed by atoms with Crippen LogP contribution in [0.4, 0.5) is 0 Å². The van der Waals surface area contributed by atoms with E-state index < -0.39 is 17.1 Å². The van der Waals surface area contributed by atoms with Gasteiger partial charge < -0.3 is 10.2 Å². The summed E-state index contributed by atoms with van der Waals surface area (Å²) < 4.78 is 0. The van der Waals surface area contributed by atoms with Crippen LogP contribution in [0.3, 0.4) is 0 Å². The van der Waals surface area contributed by atoms with E-state index in [0.29, 0.717) is 46.7 Å². The Bertz CT molecular complexity index is 1930. The first-order valence-electron chi connectivity index (χ1n) is 17.4. The van der Waals surface area contributed by atoms with Crippen molar-refractivity contribution in [1.82, 2.24) is 4.98 Å². The zero-order valence-electron chi connectivity index (χ0n) is 29.0. The van der Waals surface area contributed by atoms with Gasteiger partial charge in [0.05, 0.1) is 17.3 Å². The van der Waals surface area contributed by atoms with Crippen LogP contribution in [0.1, 0.15) is 102 Å². The molecule has 0 unspecified atom stereocenters. The monoisotopic (exact) mass is 670 g/mol. The summed E-state index contributed by atoms with van der Waals surface area (Å²) in [6, 6.07) is 28.2. The van der Waals surface area contributed by atoms with Gasteiger partial charge in [0.1, 0.15) is 11.1 Å². The van der Waals surface area contributed by atoms with Crippen LogP contribution in [0, 0.1) is 30.6 Å². The quantitative estimate of drug-likeness (QED) is 0.121. The number of thioether (sulfide) groups is 1. The van der Waals surface area contributed by atoms with Gasteiger partial charge in [0.25, 0.3) is 0 Å². The van der Waals surface area contributed by atoms with E-state index in [9.17, 15) is 20.3 Å². The lowest BCUT2D eigenvalue weighted by molar-refractivity contribution is -0.0422. The van der Waals surface area contributed by atoms with Gasteiger partial charge in [-0.3, -0.25) is 4.79 Å².